The quantitative estimate of drug-likeness (QED) is 0.775. The second-order valence-electron chi connectivity index (χ2n) is 4.55. The highest BCUT2D eigenvalue weighted by Crippen LogP contribution is 2.23. The van der Waals surface area contributed by atoms with E-state index in [1.165, 1.54) is 6.20 Å². The molecule has 0 radical (unpaired) electrons. The molecule has 0 saturated carbocycles. The van der Waals surface area contributed by atoms with Gasteiger partial charge in [0.2, 0.25) is 0 Å². The Bertz CT molecular complexity index is 652. The van der Waals surface area contributed by atoms with Crippen molar-refractivity contribution in [1.29, 1.82) is 0 Å². The summed E-state index contributed by atoms with van der Waals surface area (Å²) in [6.45, 7) is 4.33. The second-order valence-corrected chi connectivity index (χ2v) is 5.46. The van der Waals surface area contributed by atoms with Gasteiger partial charge in [-0.05, 0) is 37.6 Å². The van der Waals surface area contributed by atoms with Crippen LogP contribution >= 0.6 is 15.9 Å². The number of esters is 1. The molecule has 1 aromatic carbocycles. The van der Waals surface area contributed by atoms with Crippen molar-refractivity contribution in [3.63, 3.8) is 0 Å². The third-order valence-electron chi connectivity index (χ3n) is 3.06. The van der Waals surface area contributed by atoms with E-state index in [1.54, 1.807) is 18.7 Å². The molecule has 0 fully saturated rings. The fourth-order valence-electron chi connectivity index (χ4n) is 1.93. The van der Waals surface area contributed by atoms with Crippen molar-refractivity contribution in [3.05, 3.63) is 45.7 Å². The van der Waals surface area contributed by atoms with Crippen molar-refractivity contribution in [2.24, 2.45) is 7.05 Å². The Hall–Kier alpha value is -1.82. The van der Waals surface area contributed by atoms with Crippen LogP contribution in [0.5, 0.6) is 5.75 Å². The molecule has 0 amide bonds. The molecule has 0 aliphatic rings. The first-order valence-electron chi connectivity index (χ1n) is 6.60. The summed E-state index contributed by atoms with van der Waals surface area (Å²) >= 11 is 3.41. The molecule has 6 heteroatoms. The van der Waals surface area contributed by atoms with Crippen LogP contribution in [0.25, 0.3) is 0 Å². The van der Waals surface area contributed by atoms with Crippen LogP contribution in [0.15, 0.2) is 28.9 Å². The van der Waals surface area contributed by atoms with Gasteiger partial charge in [-0.15, -0.1) is 0 Å². The Balaban J connectivity index is 2.16. The lowest BCUT2D eigenvalue weighted by Crippen LogP contribution is -2.11. The van der Waals surface area contributed by atoms with Crippen molar-refractivity contribution < 1.29 is 14.3 Å². The highest BCUT2D eigenvalue weighted by Gasteiger charge is 2.17. The lowest BCUT2D eigenvalue weighted by atomic mass is 10.2. The number of carbonyl (C=O) groups excluding carboxylic acids is 1. The normalized spacial score (nSPS) is 10.5. The monoisotopic (exact) mass is 352 g/mol. The van der Waals surface area contributed by atoms with Crippen LogP contribution in [0.2, 0.25) is 0 Å². The van der Waals surface area contributed by atoms with Gasteiger partial charge in [0.25, 0.3) is 0 Å². The predicted molar refractivity (Wildman–Crippen MR) is 82.4 cm³/mol. The van der Waals surface area contributed by atoms with Gasteiger partial charge in [-0.1, -0.05) is 15.9 Å². The zero-order valence-electron chi connectivity index (χ0n) is 12.2. The summed E-state index contributed by atoms with van der Waals surface area (Å²) in [5, 5.41) is 4.10. The fraction of sp³-hybridized carbons (Fsp3) is 0.333. The third-order valence-corrected chi connectivity index (χ3v) is 3.55. The number of hydrogen-bond acceptors (Lipinski definition) is 4. The van der Waals surface area contributed by atoms with Crippen molar-refractivity contribution in [2.45, 2.75) is 20.5 Å². The zero-order chi connectivity index (χ0) is 15.4. The lowest BCUT2D eigenvalue weighted by Gasteiger charge is -2.11. The summed E-state index contributed by atoms with van der Waals surface area (Å²) in [6.07, 6.45) is 1.51. The molecular weight excluding hydrogens is 336 g/mol. The molecule has 21 heavy (non-hydrogen) atoms. The molecule has 0 aliphatic carbocycles. The second kappa shape index (κ2) is 6.76. The van der Waals surface area contributed by atoms with Crippen LogP contribution in [0.3, 0.4) is 0 Å². The molecular formula is C15H17BrN2O3. The number of carbonyl (C=O) groups is 1. The van der Waals surface area contributed by atoms with Crippen LogP contribution in [0.1, 0.15) is 28.5 Å². The first-order valence-corrected chi connectivity index (χ1v) is 7.39. The highest BCUT2D eigenvalue weighted by molar-refractivity contribution is 9.10. The summed E-state index contributed by atoms with van der Waals surface area (Å²) in [6, 6.07) is 5.78. The van der Waals surface area contributed by atoms with Gasteiger partial charge >= 0.3 is 5.97 Å². The van der Waals surface area contributed by atoms with Crippen molar-refractivity contribution in [1.82, 2.24) is 9.78 Å². The number of aryl methyl sites for hydroxylation is 2. The van der Waals surface area contributed by atoms with Gasteiger partial charge in [0.1, 0.15) is 17.9 Å². The number of nitrogens with zero attached hydrogens (tertiary/aromatic N) is 2. The van der Waals surface area contributed by atoms with E-state index < -0.39 is 0 Å². The molecule has 0 unspecified atom stereocenters. The molecule has 1 heterocycles. The summed E-state index contributed by atoms with van der Waals surface area (Å²) in [5.41, 5.74) is 2.15. The Morgan fingerprint density at radius 1 is 1.43 bits per heavy atom. The van der Waals surface area contributed by atoms with Gasteiger partial charge in [-0.2, -0.15) is 5.10 Å². The first kappa shape index (κ1) is 15.6. The summed E-state index contributed by atoms with van der Waals surface area (Å²) in [4.78, 5) is 11.9. The maximum atomic E-state index is 11.9. The smallest absolute Gasteiger partial charge is 0.341 e. The number of benzene rings is 1. The van der Waals surface area contributed by atoms with Gasteiger partial charge in [0.05, 0.1) is 18.5 Å². The standard InChI is InChI=1S/C15H17BrN2O3/c1-4-20-15(19)12-8-17-18(3)13(12)9-21-14-6-5-11(16)7-10(14)2/h5-8H,4,9H2,1-3H3. The number of halogens is 1. The predicted octanol–water partition coefficient (Wildman–Crippen LogP) is 3.25. The van der Waals surface area contributed by atoms with Crippen LogP contribution in [-0.2, 0) is 18.4 Å². The van der Waals surface area contributed by atoms with Gasteiger partial charge in [-0.25, -0.2) is 4.79 Å². The molecule has 0 saturated heterocycles. The van der Waals surface area contributed by atoms with Crippen molar-refractivity contribution in [3.8, 4) is 5.75 Å². The molecule has 2 aromatic rings. The molecule has 0 spiro atoms. The van der Waals surface area contributed by atoms with Crippen molar-refractivity contribution >= 4 is 21.9 Å². The molecule has 1 aromatic heterocycles. The molecule has 5 nitrogen and oxygen atoms in total. The van der Waals surface area contributed by atoms with Gasteiger partial charge in [0.15, 0.2) is 0 Å². The Morgan fingerprint density at radius 2 is 2.19 bits per heavy atom. The van der Waals surface area contributed by atoms with E-state index in [9.17, 15) is 4.79 Å². The topological polar surface area (TPSA) is 53.3 Å². The SMILES string of the molecule is CCOC(=O)c1cnn(C)c1COc1ccc(Br)cc1C. The van der Waals surface area contributed by atoms with E-state index in [2.05, 4.69) is 21.0 Å². The van der Waals surface area contributed by atoms with Gasteiger partial charge in [0, 0.05) is 11.5 Å². The van der Waals surface area contributed by atoms with E-state index in [-0.39, 0.29) is 12.6 Å². The Kier molecular flexibility index (Phi) is 5.01. The number of aromatic nitrogens is 2. The van der Waals surface area contributed by atoms with Crippen LogP contribution < -0.4 is 4.74 Å². The minimum Gasteiger partial charge on any atom is -0.487 e. The summed E-state index contributed by atoms with van der Waals surface area (Å²) in [5.74, 6) is 0.394. The van der Waals surface area contributed by atoms with Crippen LogP contribution in [-0.4, -0.2) is 22.4 Å². The Labute approximate surface area is 132 Å². The highest BCUT2D eigenvalue weighted by atomic mass is 79.9. The minimum absolute atomic E-state index is 0.257. The average Bonchev–Trinajstić information content (AvgIpc) is 2.79. The average molecular weight is 353 g/mol. The van der Waals surface area contributed by atoms with Crippen LogP contribution in [0.4, 0.5) is 0 Å². The number of hydrogen-bond donors (Lipinski definition) is 0. The van der Waals surface area contributed by atoms with Crippen molar-refractivity contribution in [2.75, 3.05) is 6.61 Å². The molecule has 0 N–H and O–H groups in total. The third kappa shape index (κ3) is 3.64. The summed E-state index contributed by atoms with van der Waals surface area (Å²) in [7, 11) is 1.77. The molecule has 2 rings (SSSR count). The maximum absolute atomic E-state index is 11.9. The van der Waals surface area contributed by atoms with E-state index in [4.69, 9.17) is 9.47 Å². The maximum Gasteiger partial charge on any atom is 0.341 e. The van der Waals surface area contributed by atoms with E-state index in [1.807, 2.05) is 25.1 Å². The summed E-state index contributed by atoms with van der Waals surface area (Å²) < 4.78 is 13.4. The molecule has 0 aliphatic heterocycles. The van der Waals surface area contributed by atoms with Gasteiger partial charge in [-0.3, -0.25) is 4.68 Å². The Morgan fingerprint density at radius 3 is 2.86 bits per heavy atom. The zero-order valence-corrected chi connectivity index (χ0v) is 13.8. The largest absolute Gasteiger partial charge is 0.487 e. The molecule has 112 valence electrons. The van der Waals surface area contributed by atoms with E-state index in [0.717, 1.165) is 15.8 Å². The fourth-order valence-corrected chi connectivity index (χ4v) is 2.41. The van der Waals surface area contributed by atoms with Crippen LogP contribution in [0, 0.1) is 6.92 Å². The molecule has 0 bridgehead atoms. The van der Waals surface area contributed by atoms with Gasteiger partial charge < -0.3 is 9.47 Å². The van der Waals surface area contributed by atoms with E-state index >= 15 is 0 Å². The molecule has 0 atom stereocenters. The lowest BCUT2D eigenvalue weighted by molar-refractivity contribution is 0.0523. The van der Waals surface area contributed by atoms with E-state index in [0.29, 0.717) is 17.9 Å². The number of ether oxygens (including phenoxy) is 2. The number of rotatable bonds is 5. The first-order chi connectivity index (χ1) is 10.0. The minimum atomic E-state index is -0.378.